The summed E-state index contributed by atoms with van der Waals surface area (Å²) >= 11 is 0. The molecule has 6 nitrogen and oxygen atoms in total. The van der Waals surface area contributed by atoms with Crippen molar-refractivity contribution in [3.05, 3.63) is 0 Å². The number of aliphatic hydroxyl groups is 1. The van der Waals surface area contributed by atoms with Gasteiger partial charge in [0.15, 0.2) is 0 Å². The highest BCUT2D eigenvalue weighted by Crippen LogP contribution is 2.10. The van der Waals surface area contributed by atoms with Crippen molar-refractivity contribution >= 4 is 5.97 Å². The van der Waals surface area contributed by atoms with Crippen LogP contribution < -0.4 is 0 Å². The highest BCUT2D eigenvalue weighted by atomic mass is 16.6. The number of ether oxygens (including phenoxy) is 4. The Morgan fingerprint density at radius 3 is 2.10 bits per heavy atom. The van der Waals surface area contributed by atoms with E-state index in [1.807, 2.05) is 0 Å². The van der Waals surface area contributed by atoms with Gasteiger partial charge in [-0.2, -0.15) is 0 Å². The van der Waals surface area contributed by atoms with Crippen molar-refractivity contribution in [2.45, 2.75) is 44.8 Å². The number of rotatable bonds is 4. The van der Waals surface area contributed by atoms with E-state index in [0.29, 0.717) is 6.61 Å². The van der Waals surface area contributed by atoms with Crippen molar-refractivity contribution in [3.63, 3.8) is 0 Å². The molecule has 0 aromatic rings. The van der Waals surface area contributed by atoms with E-state index in [1.165, 1.54) is 0 Å². The van der Waals surface area contributed by atoms with Crippen LogP contribution in [-0.2, 0) is 23.7 Å². The third-order valence-corrected chi connectivity index (χ3v) is 3.10. The molecule has 0 bridgehead atoms. The van der Waals surface area contributed by atoms with Crippen LogP contribution in [0.15, 0.2) is 0 Å². The Morgan fingerprint density at radius 1 is 1.10 bits per heavy atom. The van der Waals surface area contributed by atoms with Crippen LogP contribution in [-0.4, -0.2) is 62.9 Å². The fraction of sp³-hybridized carbons (Fsp3) is 0.929. The molecule has 2 saturated heterocycles. The zero-order valence-corrected chi connectivity index (χ0v) is 12.2. The summed E-state index contributed by atoms with van der Waals surface area (Å²) in [5, 5.41) is 8.83. The van der Waals surface area contributed by atoms with Crippen LogP contribution in [0.5, 0.6) is 0 Å². The van der Waals surface area contributed by atoms with E-state index in [9.17, 15) is 4.79 Å². The number of hydrogen-bond donors (Lipinski definition) is 1. The zero-order valence-electron chi connectivity index (χ0n) is 12.2. The van der Waals surface area contributed by atoms with E-state index in [4.69, 9.17) is 24.1 Å². The van der Waals surface area contributed by atoms with Crippen molar-refractivity contribution in [1.82, 2.24) is 0 Å². The molecule has 1 N–H and O–H groups in total. The highest BCUT2D eigenvalue weighted by Gasteiger charge is 2.15. The summed E-state index contributed by atoms with van der Waals surface area (Å²) in [7, 11) is 0. The molecule has 0 spiro atoms. The van der Waals surface area contributed by atoms with Gasteiger partial charge in [-0.1, -0.05) is 0 Å². The SMILES string of the molecule is CCOC(=O)COC1CCOCC1.OC1CCOCC1. The summed E-state index contributed by atoms with van der Waals surface area (Å²) in [6, 6.07) is 0. The Kier molecular flexibility index (Phi) is 9.57. The minimum Gasteiger partial charge on any atom is -0.464 e. The minimum absolute atomic E-state index is 0.0680. The highest BCUT2D eigenvalue weighted by molar-refractivity contribution is 5.70. The van der Waals surface area contributed by atoms with Gasteiger partial charge in [-0.15, -0.1) is 0 Å². The maximum absolute atomic E-state index is 10.9. The van der Waals surface area contributed by atoms with Crippen molar-refractivity contribution in [2.24, 2.45) is 0 Å². The fourth-order valence-corrected chi connectivity index (χ4v) is 1.92. The van der Waals surface area contributed by atoms with Gasteiger partial charge >= 0.3 is 5.97 Å². The van der Waals surface area contributed by atoms with Crippen LogP contribution in [0.1, 0.15) is 32.6 Å². The summed E-state index contributed by atoms with van der Waals surface area (Å²) in [4.78, 5) is 10.9. The van der Waals surface area contributed by atoms with Crippen LogP contribution in [0, 0.1) is 0 Å². The maximum Gasteiger partial charge on any atom is 0.332 e. The van der Waals surface area contributed by atoms with E-state index < -0.39 is 0 Å². The first kappa shape index (κ1) is 17.4. The monoisotopic (exact) mass is 290 g/mol. The number of carbonyl (C=O) groups excluding carboxylic acids is 1. The van der Waals surface area contributed by atoms with Crippen molar-refractivity contribution in [1.29, 1.82) is 0 Å². The average Bonchev–Trinajstić information content (AvgIpc) is 2.48. The Morgan fingerprint density at radius 2 is 1.65 bits per heavy atom. The van der Waals surface area contributed by atoms with Crippen LogP contribution in [0.3, 0.4) is 0 Å². The molecule has 0 amide bonds. The summed E-state index contributed by atoms with van der Waals surface area (Å²) < 4.78 is 20.2. The van der Waals surface area contributed by atoms with Crippen LogP contribution in [0.4, 0.5) is 0 Å². The molecule has 0 aliphatic carbocycles. The first-order valence-electron chi connectivity index (χ1n) is 7.33. The molecule has 0 aromatic carbocycles. The van der Waals surface area contributed by atoms with Gasteiger partial charge in [0.2, 0.25) is 0 Å². The second kappa shape index (κ2) is 11.0. The van der Waals surface area contributed by atoms with Crippen LogP contribution >= 0.6 is 0 Å². The van der Waals surface area contributed by atoms with Crippen molar-refractivity contribution in [2.75, 3.05) is 39.6 Å². The Balaban J connectivity index is 0.000000240. The molecule has 2 rings (SSSR count). The predicted octanol–water partition coefficient (Wildman–Crippen LogP) is 0.903. The van der Waals surface area contributed by atoms with Crippen molar-refractivity contribution in [3.8, 4) is 0 Å². The second-order valence-corrected chi connectivity index (χ2v) is 4.77. The molecule has 2 aliphatic heterocycles. The Hall–Kier alpha value is -0.690. The lowest BCUT2D eigenvalue weighted by Gasteiger charge is -2.21. The van der Waals surface area contributed by atoms with Gasteiger partial charge in [-0.05, 0) is 32.6 Å². The molecule has 0 aromatic heterocycles. The topological polar surface area (TPSA) is 74.2 Å². The quantitative estimate of drug-likeness (QED) is 0.776. The normalized spacial score (nSPS) is 20.9. The molecule has 0 atom stereocenters. The first-order chi connectivity index (χ1) is 9.72. The van der Waals surface area contributed by atoms with Gasteiger partial charge in [0.1, 0.15) is 6.61 Å². The van der Waals surface area contributed by atoms with Crippen molar-refractivity contribution < 1.29 is 28.8 Å². The third kappa shape index (κ3) is 8.47. The van der Waals surface area contributed by atoms with Gasteiger partial charge in [-0.25, -0.2) is 4.79 Å². The number of aliphatic hydroxyl groups excluding tert-OH is 1. The summed E-state index contributed by atoms with van der Waals surface area (Å²) in [6.45, 7) is 5.20. The molecular weight excluding hydrogens is 264 g/mol. The summed E-state index contributed by atoms with van der Waals surface area (Å²) in [5.41, 5.74) is 0. The van der Waals surface area contributed by atoms with E-state index in [2.05, 4.69) is 0 Å². The van der Waals surface area contributed by atoms with Gasteiger partial charge < -0.3 is 24.1 Å². The van der Waals surface area contributed by atoms with Gasteiger partial charge in [0.25, 0.3) is 0 Å². The van der Waals surface area contributed by atoms with E-state index in [0.717, 1.165) is 52.1 Å². The zero-order chi connectivity index (χ0) is 14.6. The Bertz CT molecular complexity index is 246. The average molecular weight is 290 g/mol. The second-order valence-electron chi connectivity index (χ2n) is 4.77. The summed E-state index contributed by atoms with van der Waals surface area (Å²) in [6.07, 6.45) is 3.46. The van der Waals surface area contributed by atoms with Gasteiger partial charge in [0, 0.05) is 26.4 Å². The van der Waals surface area contributed by atoms with E-state index >= 15 is 0 Å². The molecule has 0 unspecified atom stereocenters. The maximum atomic E-state index is 10.9. The molecule has 0 saturated carbocycles. The first-order valence-corrected chi connectivity index (χ1v) is 7.33. The summed E-state index contributed by atoms with van der Waals surface area (Å²) in [5.74, 6) is -0.283. The predicted molar refractivity (Wildman–Crippen MR) is 72.5 cm³/mol. The van der Waals surface area contributed by atoms with Gasteiger partial charge in [0.05, 0.1) is 18.8 Å². The molecular formula is C14H26O6. The molecule has 118 valence electrons. The van der Waals surface area contributed by atoms with E-state index in [1.54, 1.807) is 6.92 Å². The van der Waals surface area contributed by atoms with Crippen LogP contribution in [0.25, 0.3) is 0 Å². The Labute approximate surface area is 120 Å². The molecule has 0 radical (unpaired) electrons. The molecule has 2 heterocycles. The molecule has 2 fully saturated rings. The number of carbonyl (C=O) groups is 1. The minimum atomic E-state index is -0.283. The standard InChI is InChI=1S/C9H16O4.C5H10O2/c1-2-12-9(10)7-13-8-3-5-11-6-4-8;6-5-1-3-7-4-2-5/h8H,2-7H2,1H3;5-6H,1-4H2. The molecule has 6 heteroatoms. The number of esters is 1. The lowest BCUT2D eigenvalue weighted by atomic mass is 10.2. The fourth-order valence-electron chi connectivity index (χ4n) is 1.92. The van der Waals surface area contributed by atoms with Gasteiger partial charge in [-0.3, -0.25) is 0 Å². The lowest BCUT2D eigenvalue weighted by molar-refractivity contribution is -0.152. The van der Waals surface area contributed by atoms with Crippen LogP contribution in [0.2, 0.25) is 0 Å². The lowest BCUT2D eigenvalue weighted by Crippen LogP contribution is -2.26. The largest absolute Gasteiger partial charge is 0.464 e. The molecule has 20 heavy (non-hydrogen) atoms. The molecule has 2 aliphatic rings. The third-order valence-electron chi connectivity index (χ3n) is 3.10. The smallest absolute Gasteiger partial charge is 0.332 e. The van der Waals surface area contributed by atoms with E-state index in [-0.39, 0.29) is 24.8 Å². The number of hydrogen-bond acceptors (Lipinski definition) is 6.